The van der Waals surface area contributed by atoms with Crippen LogP contribution in [-0.4, -0.2) is 126 Å². The normalized spacial score (nSPS) is 12.9. The number of nitrogens with one attached hydrogen (secondary N) is 2. The predicted octanol–water partition coefficient (Wildman–Crippen LogP) is 12.1. The number of hydrogen-bond acceptors (Lipinski definition) is 13. The minimum absolute atomic E-state index is 0. The van der Waals surface area contributed by atoms with Crippen LogP contribution in [0.1, 0.15) is 124 Å². The molecule has 0 spiro atoms. The van der Waals surface area contributed by atoms with Crippen molar-refractivity contribution in [3.05, 3.63) is 110 Å². The molecule has 0 radical (unpaired) electrons. The third-order valence-electron chi connectivity index (χ3n) is 7.64. The van der Waals surface area contributed by atoms with E-state index < -0.39 is 34.7 Å². The average molecular weight is 986 g/mol. The van der Waals surface area contributed by atoms with Gasteiger partial charge in [0.05, 0.1) is 6.54 Å². The second-order valence-electron chi connectivity index (χ2n) is 20.5. The molecule has 16 heteroatoms. The maximum absolute atomic E-state index is 12.1. The number of benzene rings is 1. The SMILES string of the molecule is C.C=CCN(CC=C)C(=O)OC(C)(C)C.C=CCNCC=C.CC(C)(C)OC(=O)N1CC=CC1.CC(C)(C)OC(=O)OC(=O)OC(C)(C)C.CC1=C(NCc2ccccc2)CN(C(=O)OC(C)(C)C)C1. The number of carbonyl (C=O) groups excluding carboxylic acids is 5. The molecule has 0 unspecified atom stereocenters. The molecule has 70 heavy (non-hydrogen) atoms. The standard InChI is InChI=1S/C17H24N2O2.C11H19NO2.C10H18O5.C9H15NO2.C6H11N.CH4/c1-13-11-19(16(20)21-17(2,3)4)12-15(13)18-10-14-8-6-5-7-9-14;1-6-8-12(9-7-2)10(13)14-11(3,4)5;1-9(2,3)14-7(11)13-8(12)15-10(4,5)6;1-9(2,3)12-8(11)10-6-4-5-7-10;1-3-5-7-6-4-2;/h5-9,18H,10-12H2,1-4H3;6-7H,1-2,8-9H2,3-5H3;1-6H3;4-5H,6-7H2,1-3H3;3-4,7H,1-2,5-6H2;1H4. The van der Waals surface area contributed by atoms with Crippen molar-refractivity contribution in [3.8, 4) is 0 Å². The maximum atomic E-state index is 12.1. The molecule has 1 aromatic carbocycles. The average Bonchev–Trinajstić information content (AvgIpc) is 3.86. The summed E-state index contributed by atoms with van der Waals surface area (Å²) < 4.78 is 29.6. The lowest BCUT2D eigenvalue weighted by molar-refractivity contribution is -0.0295. The molecule has 0 saturated heterocycles. The number of hydrogen-bond donors (Lipinski definition) is 2. The third-order valence-corrected chi connectivity index (χ3v) is 7.64. The Morgan fingerprint density at radius 3 is 1.36 bits per heavy atom. The van der Waals surface area contributed by atoms with Crippen molar-refractivity contribution in [2.75, 3.05) is 52.4 Å². The lowest BCUT2D eigenvalue weighted by Crippen LogP contribution is -2.36. The summed E-state index contributed by atoms with van der Waals surface area (Å²) in [6.07, 6.45) is 7.96. The van der Waals surface area contributed by atoms with E-state index in [-0.39, 0.29) is 31.3 Å². The molecule has 3 amide bonds. The second-order valence-corrected chi connectivity index (χ2v) is 20.5. The molecule has 398 valence electrons. The van der Waals surface area contributed by atoms with Crippen molar-refractivity contribution < 1.29 is 52.4 Å². The molecule has 16 nitrogen and oxygen atoms in total. The van der Waals surface area contributed by atoms with Crippen molar-refractivity contribution in [1.82, 2.24) is 25.3 Å². The first-order chi connectivity index (χ1) is 31.7. The van der Waals surface area contributed by atoms with Gasteiger partial charge in [0, 0.05) is 58.1 Å². The molecule has 2 heterocycles. The number of nitrogens with zero attached hydrogens (tertiary/aromatic N) is 3. The summed E-state index contributed by atoms with van der Waals surface area (Å²) in [4.78, 5) is 61.9. The van der Waals surface area contributed by atoms with Crippen LogP contribution in [0.2, 0.25) is 0 Å². The molecule has 2 N–H and O–H groups in total. The molecule has 0 fully saturated rings. The largest absolute Gasteiger partial charge is 0.519 e. The van der Waals surface area contributed by atoms with Crippen LogP contribution in [0.3, 0.4) is 0 Å². The Balaban J connectivity index is -0.000000829. The van der Waals surface area contributed by atoms with Crippen molar-refractivity contribution in [2.45, 2.75) is 153 Å². The molecule has 2 aliphatic heterocycles. The van der Waals surface area contributed by atoms with Gasteiger partial charge < -0.3 is 48.9 Å². The summed E-state index contributed by atoms with van der Waals surface area (Å²) in [6, 6.07) is 10.2. The zero-order chi connectivity index (χ0) is 53.6. The van der Waals surface area contributed by atoms with Crippen LogP contribution in [0.15, 0.2) is 104 Å². The zero-order valence-electron chi connectivity index (χ0n) is 44.9. The van der Waals surface area contributed by atoms with Crippen molar-refractivity contribution in [2.24, 2.45) is 0 Å². The lowest BCUT2D eigenvalue weighted by Gasteiger charge is -2.25. The fourth-order valence-electron chi connectivity index (χ4n) is 4.94. The second kappa shape index (κ2) is 33.5. The van der Waals surface area contributed by atoms with E-state index >= 15 is 0 Å². The highest BCUT2D eigenvalue weighted by atomic mass is 16.8. The highest BCUT2D eigenvalue weighted by molar-refractivity contribution is 5.77. The fourth-order valence-corrected chi connectivity index (χ4v) is 4.94. The Hall–Kier alpha value is -6.03. The van der Waals surface area contributed by atoms with Gasteiger partial charge in [-0.15, -0.1) is 26.3 Å². The summed E-state index contributed by atoms with van der Waals surface area (Å²) in [5.41, 5.74) is 0.843. The van der Waals surface area contributed by atoms with E-state index in [0.717, 1.165) is 25.3 Å². The highest BCUT2D eigenvalue weighted by Crippen LogP contribution is 2.19. The van der Waals surface area contributed by atoms with Crippen LogP contribution in [0.5, 0.6) is 0 Å². The van der Waals surface area contributed by atoms with E-state index in [1.165, 1.54) is 16.0 Å². The van der Waals surface area contributed by atoms with Gasteiger partial charge in [-0.3, -0.25) is 4.90 Å². The number of amides is 3. The van der Waals surface area contributed by atoms with Crippen LogP contribution < -0.4 is 10.6 Å². The van der Waals surface area contributed by atoms with Crippen LogP contribution in [0.25, 0.3) is 0 Å². The molecule has 0 atom stereocenters. The molecule has 0 aliphatic carbocycles. The Labute approximate surface area is 422 Å². The van der Waals surface area contributed by atoms with E-state index in [9.17, 15) is 24.0 Å². The lowest BCUT2D eigenvalue weighted by atomic mass is 10.2. The van der Waals surface area contributed by atoms with E-state index in [1.54, 1.807) is 63.5 Å². The Kier molecular flexibility index (Phi) is 32.6. The summed E-state index contributed by atoms with van der Waals surface area (Å²) in [6.45, 7) is 49.1. The summed E-state index contributed by atoms with van der Waals surface area (Å²) in [5.74, 6) is 0. The molecule has 0 aromatic heterocycles. The molecular weight excluding hydrogens is 895 g/mol. The van der Waals surface area contributed by atoms with Crippen molar-refractivity contribution >= 4 is 30.6 Å². The summed E-state index contributed by atoms with van der Waals surface area (Å²) in [7, 11) is 0. The van der Waals surface area contributed by atoms with Gasteiger partial charge in [-0.05, 0) is 122 Å². The fraction of sp³-hybridized carbons (Fsp3) is 0.574. The summed E-state index contributed by atoms with van der Waals surface area (Å²) >= 11 is 0. The van der Waals surface area contributed by atoms with Crippen LogP contribution in [0, 0.1) is 0 Å². The Morgan fingerprint density at radius 1 is 0.586 bits per heavy atom. The minimum atomic E-state index is -1.06. The summed E-state index contributed by atoms with van der Waals surface area (Å²) in [5, 5.41) is 6.47. The topological polar surface area (TPSA) is 175 Å². The first kappa shape index (κ1) is 68.2. The Bertz CT molecular complexity index is 1770. The van der Waals surface area contributed by atoms with E-state index in [2.05, 4.69) is 60.7 Å². The van der Waals surface area contributed by atoms with Gasteiger partial charge in [0.2, 0.25) is 0 Å². The smallest absolute Gasteiger partial charge is 0.444 e. The quantitative estimate of drug-likeness (QED) is 0.0705. The van der Waals surface area contributed by atoms with Crippen LogP contribution >= 0.6 is 0 Å². The van der Waals surface area contributed by atoms with Crippen LogP contribution in [-0.2, 0) is 35.0 Å². The number of rotatable bonds is 11. The highest BCUT2D eigenvalue weighted by Gasteiger charge is 2.28. The third kappa shape index (κ3) is 38.9. The number of ether oxygens (including phenoxy) is 6. The van der Waals surface area contributed by atoms with Gasteiger partial charge in [0.1, 0.15) is 28.0 Å². The van der Waals surface area contributed by atoms with E-state index in [4.69, 9.17) is 23.7 Å². The van der Waals surface area contributed by atoms with E-state index in [0.29, 0.717) is 39.3 Å². The van der Waals surface area contributed by atoms with Gasteiger partial charge in [-0.2, -0.15) is 0 Å². The van der Waals surface area contributed by atoms with Crippen molar-refractivity contribution in [1.29, 1.82) is 0 Å². The van der Waals surface area contributed by atoms with Gasteiger partial charge >= 0.3 is 30.6 Å². The van der Waals surface area contributed by atoms with Gasteiger partial charge in [0.15, 0.2) is 0 Å². The first-order valence-corrected chi connectivity index (χ1v) is 23.0. The molecule has 0 saturated carbocycles. The Morgan fingerprint density at radius 2 is 0.986 bits per heavy atom. The first-order valence-electron chi connectivity index (χ1n) is 23.0. The molecule has 1 aromatic rings. The van der Waals surface area contributed by atoms with Gasteiger partial charge in [-0.25, -0.2) is 24.0 Å². The molecule has 0 bridgehead atoms. The van der Waals surface area contributed by atoms with Gasteiger partial charge in [0.25, 0.3) is 0 Å². The number of carbonyl (C=O) groups is 5. The molecule has 2 aliphatic rings. The predicted molar refractivity (Wildman–Crippen MR) is 282 cm³/mol. The van der Waals surface area contributed by atoms with E-state index in [1.807, 2.05) is 105 Å². The minimum Gasteiger partial charge on any atom is -0.444 e. The zero-order valence-corrected chi connectivity index (χ0v) is 44.9. The van der Waals surface area contributed by atoms with Gasteiger partial charge in [-0.1, -0.05) is 74.2 Å². The molecule has 3 rings (SSSR count). The monoisotopic (exact) mass is 986 g/mol. The molecular formula is C54H91N5O11. The van der Waals surface area contributed by atoms with Crippen LogP contribution in [0.4, 0.5) is 24.0 Å². The maximum Gasteiger partial charge on any atom is 0.519 e. The van der Waals surface area contributed by atoms with Crippen molar-refractivity contribution in [3.63, 3.8) is 0 Å².